The first-order chi connectivity index (χ1) is 18.0. The summed E-state index contributed by atoms with van der Waals surface area (Å²) in [6.07, 6.45) is 3.72. The Bertz CT molecular complexity index is 1050. The molecule has 0 spiro atoms. The molecule has 9 heteroatoms. The van der Waals surface area contributed by atoms with Crippen molar-refractivity contribution in [2.24, 2.45) is 11.8 Å². The predicted molar refractivity (Wildman–Crippen MR) is 145 cm³/mol. The molecule has 200 valence electrons. The van der Waals surface area contributed by atoms with Gasteiger partial charge in [0.1, 0.15) is 18.4 Å². The number of anilines is 1. The molecule has 2 heterocycles. The lowest BCUT2D eigenvalue weighted by atomic mass is 9.86. The molecule has 0 saturated carbocycles. The van der Waals surface area contributed by atoms with Gasteiger partial charge in [0.2, 0.25) is 0 Å². The molecule has 1 unspecified atom stereocenters. The van der Waals surface area contributed by atoms with E-state index in [1.807, 2.05) is 30.3 Å². The summed E-state index contributed by atoms with van der Waals surface area (Å²) in [6, 6.07) is 12.7. The number of nitrogens with zero attached hydrogens (tertiary/aromatic N) is 1. The van der Waals surface area contributed by atoms with Gasteiger partial charge in [0, 0.05) is 12.6 Å². The van der Waals surface area contributed by atoms with Crippen molar-refractivity contribution in [1.29, 1.82) is 0 Å². The van der Waals surface area contributed by atoms with Crippen LogP contribution < -0.4 is 21.1 Å². The third kappa shape index (κ3) is 7.15. The van der Waals surface area contributed by atoms with Gasteiger partial charge in [0.25, 0.3) is 5.91 Å². The van der Waals surface area contributed by atoms with E-state index >= 15 is 0 Å². The number of amides is 1. The predicted octanol–water partition coefficient (Wildman–Crippen LogP) is 3.48. The molecule has 0 aromatic heterocycles. The lowest BCUT2D eigenvalue weighted by Gasteiger charge is -2.41. The van der Waals surface area contributed by atoms with Crippen molar-refractivity contribution in [1.82, 2.24) is 15.5 Å². The zero-order valence-corrected chi connectivity index (χ0v) is 22.1. The highest BCUT2D eigenvalue weighted by atomic mass is 35.5. The van der Waals surface area contributed by atoms with Gasteiger partial charge in [-0.05, 0) is 75.3 Å². The van der Waals surface area contributed by atoms with Crippen LogP contribution in [0.5, 0.6) is 5.75 Å². The summed E-state index contributed by atoms with van der Waals surface area (Å²) in [5.41, 5.74) is 7.56. The van der Waals surface area contributed by atoms with Gasteiger partial charge in [-0.2, -0.15) is 0 Å². The topological polar surface area (TPSA) is 106 Å². The normalized spacial score (nSPS) is 18.2. The van der Waals surface area contributed by atoms with Crippen molar-refractivity contribution in [2.75, 3.05) is 45.6 Å². The van der Waals surface area contributed by atoms with Crippen LogP contribution in [0, 0.1) is 11.8 Å². The molecular weight excluding hydrogens is 492 g/mol. The minimum absolute atomic E-state index is 0.130. The Balaban J connectivity index is 1.33. The van der Waals surface area contributed by atoms with E-state index in [4.69, 9.17) is 26.8 Å². The van der Waals surface area contributed by atoms with Crippen LogP contribution in [-0.2, 0) is 16.1 Å². The van der Waals surface area contributed by atoms with Crippen LogP contribution in [0.2, 0.25) is 5.02 Å². The van der Waals surface area contributed by atoms with Crippen molar-refractivity contribution in [2.45, 2.75) is 38.3 Å². The molecule has 2 aliphatic rings. The van der Waals surface area contributed by atoms with Crippen molar-refractivity contribution < 1.29 is 19.1 Å². The number of hydrogen-bond donors (Lipinski definition) is 3. The number of esters is 1. The summed E-state index contributed by atoms with van der Waals surface area (Å²) in [5.74, 6) is 0.633. The van der Waals surface area contributed by atoms with Crippen LogP contribution in [0.1, 0.15) is 41.6 Å². The fourth-order valence-electron chi connectivity index (χ4n) is 5.30. The highest BCUT2D eigenvalue weighted by Crippen LogP contribution is 2.30. The Morgan fingerprint density at radius 3 is 2.51 bits per heavy atom. The van der Waals surface area contributed by atoms with E-state index in [-0.39, 0.29) is 23.8 Å². The monoisotopic (exact) mass is 528 g/mol. The van der Waals surface area contributed by atoms with E-state index in [0.29, 0.717) is 41.1 Å². The summed E-state index contributed by atoms with van der Waals surface area (Å²) in [5, 5.41) is 6.74. The number of carbonyl (C=O) groups is 2. The second kappa shape index (κ2) is 13.1. The van der Waals surface area contributed by atoms with Gasteiger partial charge in [-0.25, -0.2) is 0 Å². The van der Waals surface area contributed by atoms with Crippen molar-refractivity contribution in [3.63, 3.8) is 0 Å². The van der Waals surface area contributed by atoms with E-state index in [2.05, 4.69) is 15.5 Å². The molecule has 1 atom stereocenters. The molecule has 2 aliphatic heterocycles. The van der Waals surface area contributed by atoms with Gasteiger partial charge in [-0.3, -0.25) is 14.5 Å². The highest BCUT2D eigenvalue weighted by Gasteiger charge is 2.37. The van der Waals surface area contributed by atoms with Crippen LogP contribution >= 0.6 is 11.6 Å². The summed E-state index contributed by atoms with van der Waals surface area (Å²) in [7, 11) is 1.50. The van der Waals surface area contributed by atoms with E-state index < -0.39 is 0 Å². The second-order valence-electron chi connectivity index (χ2n) is 9.89. The molecular formula is C28H37ClN4O4. The van der Waals surface area contributed by atoms with Crippen molar-refractivity contribution in [3.8, 4) is 5.75 Å². The second-order valence-corrected chi connectivity index (χ2v) is 10.3. The van der Waals surface area contributed by atoms with Crippen LogP contribution in [0.3, 0.4) is 0 Å². The summed E-state index contributed by atoms with van der Waals surface area (Å²) >= 11 is 6.12. The third-order valence-electron chi connectivity index (χ3n) is 7.45. The highest BCUT2D eigenvalue weighted by molar-refractivity contribution is 6.33. The van der Waals surface area contributed by atoms with Crippen molar-refractivity contribution >= 4 is 29.2 Å². The smallest absolute Gasteiger partial charge is 0.323 e. The molecule has 2 saturated heterocycles. The first kappa shape index (κ1) is 27.2. The number of methoxy groups -OCH3 is 1. The van der Waals surface area contributed by atoms with Gasteiger partial charge in [-0.15, -0.1) is 0 Å². The van der Waals surface area contributed by atoms with Crippen LogP contribution in [0.4, 0.5) is 5.69 Å². The van der Waals surface area contributed by atoms with E-state index in [9.17, 15) is 9.59 Å². The fraction of sp³-hybridized carbons (Fsp3) is 0.500. The fourth-order valence-corrected chi connectivity index (χ4v) is 5.46. The van der Waals surface area contributed by atoms with Crippen LogP contribution in [0.15, 0.2) is 42.5 Å². The Hall–Kier alpha value is -2.81. The Labute approximate surface area is 223 Å². The number of likely N-dealkylation sites (tertiary alicyclic amines) is 1. The lowest BCUT2D eigenvalue weighted by molar-refractivity contribution is -0.155. The number of halogens is 1. The average molecular weight is 529 g/mol. The molecule has 0 radical (unpaired) electrons. The number of nitrogens with two attached hydrogens (primary N) is 1. The molecule has 2 fully saturated rings. The Morgan fingerprint density at radius 1 is 1.14 bits per heavy atom. The molecule has 4 N–H and O–H groups in total. The van der Waals surface area contributed by atoms with Gasteiger partial charge >= 0.3 is 5.97 Å². The third-order valence-corrected chi connectivity index (χ3v) is 7.78. The quantitative estimate of drug-likeness (QED) is 0.338. The van der Waals surface area contributed by atoms with Gasteiger partial charge in [0.15, 0.2) is 0 Å². The van der Waals surface area contributed by atoms with Gasteiger partial charge < -0.3 is 25.8 Å². The molecule has 37 heavy (non-hydrogen) atoms. The van der Waals surface area contributed by atoms with E-state index in [1.165, 1.54) is 7.11 Å². The molecule has 2 aromatic carbocycles. The molecule has 2 aromatic rings. The average Bonchev–Trinajstić information content (AvgIpc) is 2.94. The zero-order chi connectivity index (χ0) is 26.2. The summed E-state index contributed by atoms with van der Waals surface area (Å²) in [6.45, 7) is 4.29. The van der Waals surface area contributed by atoms with E-state index in [1.54, 1.807) is 12.1 Å². The molecule has 0 aliphatic carbocycles. The summed E-state index contributed by atoms with van der Waals surface area (Å²) < 4.78 is 11.1. The standard InChI is InChI=1S/C28H37ClN4O4/c1-36-25-16-24(30)23(29)15-22(25)27(34)32-17-19-9-13-33(14-10-19)26(21-7-11-31-12-8-21)28(35)37-18-20-5-3-2-4-6-20/h2-6,15-16,19,21,26,31H,7-14,17-18,30H2,1H3,(H,32,34). The first-order valence-corrected chi connectivity index (χ1v) is 13.4. The number of carbonyl (C=O) groups excluding carboxylic acids is 2. The number of hydrogen-bond acceptors (Lipinski definition) is 7. The molecule has 0 bridgehead atoms. The van der Waals surface area contributed by atoms with Crippen molar-refractivity contribution in [3.05, 3.63) is 58.6 Å². The zero-order valence-electron chi connectivity index (χ0n) is 21.4. The number of rotatable bonds is 9. The molecule has 4 rings (SSSR count). The number of piperidine rings is 2. The Kier molecular flexibility index (Phi) is 9.66. The first-order valence-electron chi connectivity index (χ1n) is 13.0. The minimum Gasteiger partial charge on any atom is -0.496 e. The van der Waals surface area contributed by atoms with Crippen LogP contribution in [-0.4, -0.2) is 62.7 Å². The number of nitrogens with one attached hydrogen (secondary N) is 2. The van der Waals surface area contributed by atoms with Crippen LogP contribution in [0.25, 0.3) is 0 Å². The van der Waals surface area contributed by atoms with Gasteiger partial charge in [0.05, 0.1) is 23.4 Å². The number of benzene rings is 2. The molecule has 1 amide bonds. The SMILES string of the molecule is COc1cc(N)c(Cl)cc1C(=O)NCC1CCN(C(C(=O)OCc2ccccc2)C2CCNCC2)CC1. The largest absolute Gasteiger partial charge is 0.496 e. The molecule has 8 nitrogen and oxygen atoms in total. The lowest BCUT2D eigenvalue weighted by Crippen LogP contribution is -2.52. The van der Waals surface area contributed by atoms with Gasteiger partial charge in [-0.1, -0.05) is 41.9 Å². The maximum atomic E-state index is 13.3. The van der Waals surface area contributed by atoms with E-state index in [0.717, 1.165) is 57.4 Å². The Morgan fingerprint density at radius 2 is 1.84 bits per heavy atom. The number of nitrogen functional groups attached to an aromatic ring is 1. The maximum absolute atomic E-state index is 13.3. The minimum atomic E-state index is -0.238. The maximum Gasteiger partial charge on any atom is 0.323 e. The number of ether oxygens (including phenoxy) is 2. The summed E-state index contributed by atoms with van der Waals surface area (Å²) in [4.78, 5) is 28.4.